The van der Waals surface area contributed by atoms with E-state index in [1.54, 1.807) is 17.0 Å². The summed E-state index contributed by atoms with van der Waals surface area (Å²) in [6, 6.07) is 7.27. The highest BCUT2D eigenvalue weighted by molar-refractivity contribution is 7.89. The maximum Gasteiger partial charge on any atom is 0.270 e. The number of hydrogen-bond acceptors (Lipinski definition) is 4. The van der Waals surface area contributed by atoms with Crippen LogP contribution in [-0.4, -0.2) is 60.6 Å². The molecular weight excluding hydrogens is 459 g/mol. The van der Waals surface area contributed by atoms with Gasteiger partial charge in [0, 0.05) is 38.9 Å². The number of benzene rings is 1. The van der Waals surface area contributed by atoms with Crippen LogP contribution in [0.25, 0.3) is 0 Å². The molecule has 0 radical (unpaired) electrons. The number of aromatic amines is 1. The Balaban J connectivity index is 1.38. The van der Waals surface area contributed by atoms with E-state index in [4.69, 9.17) is 0 Å². The lowest BCUT2D eigenvalue weighted by Gasteiger charge is -2.31. The number of H-pyrrole nitrogens is 1. The van der Waals surface area contributed by atoms with Crippen molar-refractivity contribution in [3.05, 3.63) is 53.6 Å². The summed E-state index contributed by atoms with van der Waals surface area (Å²) >= 11 is 0. The second-order valence-electron chi connectivity index (χ2n) is 9.00. The zero-order valence-corrected chi connectivity index (χ0v) is 19.9. The Morgan fingerprint density at radius 1 is 1.03 bits per heavy atom. The second kappa shape index (κ2) is 10.7. The highest BCUT2D eigenvalue weighted by Crippen LogP contribution is 2.25. The molecule has 34 heavy (non-hydrogen) atoms. The smallest absolute Gasteiger partial charge is 0.270 e. The lowest BCUT2D eigenvalue weighted by molar-refractivity contribution is -0.126. The van der Waals surface area contributed by atoms with Gasteiger partial charge in [0.25, 0.3) is 5.91 Å². The molecule has 0 spiro atoms. The van der Waals surface area contributed by atoms with Crippen molar-refractivity contribution < 1.29 is 22.4 Å². The SMILES string of the molecule is O=C(NCc1ccc(F)cc1)C1CCCN(S(=O)(=O)c2c[nH]c(C(=O)N3CCCCCC3)c2)C1. The minimum absolute atomic E-state index is 0.0399. The third-order valence-corrected chi connectivity index (χ3v) is 8.40. The van der Waals surface area contributed by atoms with Gasteiger partial charge < -0.3 is 15.2 Å². The largest absolute Gasteiger partial charge is 0.356 e. The number of piperidine rings is 1. The number of aromatic nitrogens is 1. The lowest BCUT2D eigenvalue weighted by atomic mass is 9.99. The van der Waals surface area contributed by atoms with Crippen LogP contribution >= 0.6 is 0 Å². The summed E-state index contributed by atoms with van der Waals surface area (Å²) in [6.07, 6.45) is 6.62. The number of rotatable bonds is 6. The van der Waals surface area contributed by atoms with Gasteiger partial charge in [-0.15, -0.1) is 0 Å². The number of sulfonamides is 1. The first-order valence-corrected chi connectivity index (χ1v) is 13.3. The summed E-state index contributed by atoms with van der Waals surface area (Å²) in [6.45, 7) is 2.02. The van der Waals surface area contributed by atoms with Gasteiger partial charge >= 0.3 is 0 Å². The highest BCUT2D eigenvalue weighted by atomic mass is 32.2. The fourth-order valence-corrected chi connectivity index (χ4v) is 6.07. The number of carbonyl (C=O) groups excluding carboxylic acids is 2. The molecule has 3 heterocycles. The third kappa shape index (κ3) is 5.67. The fraction of sp³-hybridized carbons (Fsp3) is 0.500. The Labute approximate surface area is 199 Å². The zero-order chi connectivity index (χ0) is 24.1. The molecule has 1 aromatic heterocycles. The zero-order valence-electron chi connectivity index (χ0n) is 19.1. The number of halogens is 1. The predicted molar refractivity (Wildman–Crippen MR) is 125 cm³/mol. The summed E-state index contributed by atoms with van der Waals surface area (Å²) < 4.78 is 40.9. The van der Waals surface area contributed by atoms with Crippen LogP contribution in [0.15, 0.2) is 41.4 Å². The second-order valence-corrected chi connectivity index (χ2v) is 10.9. The van der Waals surface area contributed by atoms with E-state index in [1.165, 1.54) is 28.7 Å². The minimum Gasteiger partial charge on any atom is -0.356 e. The maximum absolute atomic E-state index is 13.2. The molecule has 1 atom stereocenters. The van der Waals surface area contributed by atoms with Crippen LogP contribution in [0.5, 0.6) is 0 Å². The number of nitrogens with zero attached hydrogens (tertiary/aromatic N) is 2. The van der Waals surface area contributed by atoms with E-state index in [-0.39, 0.29) is 41.3 Å². The molecule has 2 fully saturated rings. The van der Waals surface area contributed by atoms with Gasteiger partial charge in [-0.05, 0) is 49.4 Å². The molecule has 184 valence electrons. The maximum atomic E-state index is 13.2. The van der Waals surface area contributed by atoms with Crippen molar-refractivity contribution in [2.45, 2.75) is 50.0 Å². The van der Waals surface area contributed by atoms with Gasteiger partial charge in [0.15, 0.2) is 0 Å². The lowest BCUT2D eigenvalue weighted by Crippen LogP contribution is -2.45. The van der Waals surface area contributed by atoms with E-state index < -0.39 is 15.9 Å². The molecule has 0 saturated carbocycles. The van der Waals surface area contributed by atoms with Crippen molar-refractivity contribution in [3.8, 4) is 0 Å². The van der Waals surface area contributed by atoms with E-state index in [9.17, 15) is 22.4 Å². The van der Waals surface area contributed by atoms with Crippen molar-refractivity contribution in [1.29, 1.82) is 0 Å². The van der Waals surface area contributed by atoms with Gasteiger partial charge in [0.2, 0.25) is 15.9 Å². The van der Waals surface area contributed by atoms with Crippen LogP contribution in [-0.2, 0) is 21.4 Å². The Kier molecular flexibility index (Phi) is 7.67. The number of carbonyl (C=O) groups is 2. The van der Waals surface area contributed by atoms with Crippen molar-refractivity contribution in [1.82, 2.24) is 19.5 Å². The van der Waals surface area contributed by atoms with Gasteiger partial charge in [-0.25, -0.2) is 12.8 Å². The van der Waals surface area contributed by atoms with Crippen molar-refractivity contribution >= 4 is 21.8 Å². The van der Waals surface area contributed by atoms with Gasteiger partial charge in [-0.2, -0.15) is 4.31 Å². The molecule has 10 heteroatoms. The molecule has 0 bridgehead atoms. The molecule has 0 aliphatic carbocycles. The van der Waals surface area contributed by atoms with Gasteiger partial charge in [-0.3, -0.25) is 9.59 Å². The predicted octanol–water partition coefficient (Wildman–Crippen LogP) is 2.89. The average molecular weight is 491 g/mol. The third-order valence-electron chi connectivity index (χ3n) is 6.55. The van der Waals surface area contributed by atoms with Crippen molar-refractivity contribution in [2.75, 3.05) is 26.2 Å². The molecule has 8 nitrogen and oxygen atoms in total. The molecule has 2 N–H and O–H groups in total. The highest BCUT2D eigenvalue weighted by Gasteiger charge is 2.34. The number of nitrogens with one attached hydrogen (secondary N) is 2. The van der Waals surface area contributed by atoms with Gasteiger partial charge in [-0.1, -0.05) is 25.0 Å². The van der Waals surface area contributed by atoms with Crippen molar-refractivity contribution in [3.63, 3.8) is 0 Å². The average Bonchev–Trinajstić information content (AvgIpc) is 3.20. The topological polar surface area (TPSA) is 103 Å². The van der Waals surface area contributed by atoms with E-state index in [0.717, 1.165) is 31.2 Å². The van der Waals surface area contributed by atoms with Gasteiger partial charge in [0.1, 0.15) is 16.4 Å². The molecule has 2 amide bonds. The molecule has 2 aliphatic heterocycles. The Morgan fingerprint density at radius 2 is 1.74 bits per heavy atom. The van der Waals surface area contributed by atoms with Crippen LogP contribution < -0.4 is 5.32 Å². The van der Waals surface area contributed by atoms with Crippen LogP contribution in [0.3, 0.4) is 0 Å². The monoisotopic (exact) mass is 490 g/mol. The first-order valence-electron chi connectivity index (χ1n) is 11.8. The quantitative estimate of drug-likeness (QED) is 0.650. The van der Waals surface area contributed by atoms with Crippen LogP contribution in [0.1, 0.15) is 54.6 Å². The minimum atomic E-state index is -3.84. The summed E-state index contributed by atoms with van der Waals surface area (Å²) in [7, 11) is -3.84. The molecule has 2 aliphatic rings. The van der Waals surface area contributed by atoms with Crippen LogP contribution in [0.4, 0.5) is 4.39 Å². The fourth-order valence-electron chi connectivity index (χ4n) is 4.55. The number of hydrogen-bond donors (Lipinski definition) is 2. The molecule has 1 aromatic carbocycles. The van der Waals surface area contributed by atoms with E-state index in [1.807, 2.05) is 0 Å². The molecule has 1 unspecified atom stereocenters. The molecule has 4 rings (SSSR count). The summed E-state index contributed by atoms with van der Waals surface area (Å²) in [5, 5.41) is 2.82. The molecular formula is C24H31FN4O4S. The van der Waals surface area contributed by atoms with Crippen LogP contribution in [0, 0.1) is 11.7 Å². The summed E-state index contributed by atoms with van der Waals surface area (Å²) in [5.41, 5.74) is 1.04. The normalized spacial score (nSPS) is 20.0. The molecule has 2 saturated heterocycles. The standard InChI is InChI=1S/C24H31FN4O4S/c25-20-9-7-18(8-10-20)15-27-23(30)19-6-5-13-29(17-19)34(32,33)21-14-22(26-16-21)24(31)28-11-3-1-2-4-12-28/h7-10,14,16,19,26H,1-6,11-13,15,17H2,(H,27,30). The Hall–Kier alpha value is -2.72. The van der Waals surface area contributed by atoms with Crippen molar-refractivity contribution in [2.24, 2.45) is 5.92 Å². The first kappa shape index (κ1) is 24.4. The first-order chi connectivity index (χ1) is 16.3. The Bertz CT molecular complexity index is 1110. The van der Waals surface area contributed by atoms with Crippen LogP contribution in [0.2, 0.25) is 0 Å². The number of amides is 2. The number of likely N-dealkylation sites (tertiary alicyclic amines) is 1. The Morgan fingerprint density at radius 3 is 2.44 bits per heavy atom. The van der Waals surface area contributed by atoms with E-state index >= 15 is 0 Å². The summed E-state index contributed by atoms with van der Waals surface area (Å²) in [4.78, 5) is 30.2. The van der Waals surface area contributed by atoms with E-state index in [0.29, 0.717) is 32.5 Å². The van der Waals surface area contributed by atoms with Gasteiger partial charge in [0.05, 0.1) is 5.92 Å². The summed E-state index contributed by atoms with van der Waals surface area (Å²) in [5.74, 6) is -1.22. The molecule has 2 aromatic rings. The van der Waals surface area contributed by atoms with E-state index in [2.05, 4.69) is 10.3 Å².